The predicted octanol–water partition coefficient (Wildman–Crippen LogP) is 5.85. The standard InChI is InChI=1S/C22H20F6O4/c1-2-31-19(20(29)30)12-14-5-7-18(8-6-14)32-9-3-4-15-10-16(21(23,24)25)13-17(11-15)22(26,27)28/h3-8,10-11,13,19H,2,9,12H2,1H3,(H,29,30)/t19-/m0/s1. The third-order valence-electron chi connectivity index (χ3n) is 4.25. The minimum absolute atomic E-state index is 0.0653. The van der Waals surface area contributed by atoms with Gasteiger partial charge in [-0.1, -0.05) is 18.2 Å². The molecule has 0 radical (unpaired) electrons. The molecule has 0 bridgehead atoms. The monoisotopic (exact) mass is 462 g/mol. The third-order valence-corrected chi connectivity index (χ3v) is 4.25. The lowest BCUT2D eigenvalue weighted by Gasteiger charge is -2.13. The van der Waals surface area contributed by atoms with Crippen LogP contribution in [0.25, 0.3) is 6.08 Å². The van der Waals surface area contributed by atoms with Crippen molar-refractivity contribution in [3.05, 3.63) is 70.8 Å². The van der Waals surface area contributed by atoms with Crippen molar-refractivity contribution in [2.24, 2.45) is 0 Å². The number of alkyl halides is 6. The van der Waals surface area contributed by atoms with Gasteiger partial charge in [-0.05, 0) is 54.5 Å². The van der Waals surface area contributed by atoms with Gasteiger partial charge in [-0.25, -0.2) is 4.79 Å². The van der Waals surface area contributed by atoms with Crippen LogP contribution in [0.4, 0.5) is 26.3 Å². The summed E-state index contributed by atoms with van der Waals surface area (Å²) in [7, 11) is 0. The fraction of sp³-hybridized carbons (Fsp3) is 0.318. The number of benzene rings is 2. The molecule has 10 heteroatoms. The smallest absolute Gasteiger partial charge is 0.416 e. The summed E-state index contributed by atoms with van der Waals surface area (Å²) in [6.45, 7) is 1.83. The van der Waals surface area contributed by atoms with Crippen molar-refractivity contribution in [1.82, 2.24) is 0 Å². The van der Waals surface area contributed by atoms with Crippen LogP contribution in [0.15, 0.2) is 48.5 Å². The number of carboxylic acids is 1. The Labute approximate surface area is 180 Å². The highest BCUT2D eigenvalue weighted by atomic mass is 19.4. The second-order valence-corrected chi connectivity index (χ2v) is 6.68. The van der Waals surface area contributed by atoms with E-state index >= 15 is 0 Å². The topological polar surface area (TPSA) is 55.8 Å². The fourth-order valence-electron chi connectivity index (χ4n) is 2.76. The lowest BCUT2D eigenvalue weighted by molar-refractivity contribution is -0.150. The van der Waals surface area contributed by atoms with Crippen LogP contribution in [-0.4, -0.2) is 30.4 Å². The van der Waals surface area contributed by atoms with E-state index < -0.39 is 35.6 Å². The number of aliphatic carboxylic acids is 1. The van der Waals surface area contributed by atoms with Gasteiger partial charge < -0.3 is 14.6 Å². The quantitative estimate of drug-likeness (QED) is 0.475. The maximum absolute atomic E-state index is 12.9. The molecular weight excluding hydrogens is 442 g/mol. The highest BCUT2D eigenvalue weighted by molar-refractivity contribution is 5.72. The lowest BCUT2D eigenvalue weighted by Crippen LogP contribution is -2.26. The average molecular weight is 462 g/mol. The summed E-state index contributed by atoms with van der Waals surface area (Å²) in [4.78, 5) is 11.1. The van der Waals surface area contributed by atoms with Crippen LogP contribution < -0.4 is 4.74 Å². The number of halogens is 6. The highest BCUT2D eigenvalue weighted by Crippen LogP contribution is 2.36. The van der Waals surface area contributed by atoms with Crippen LogP contribution in [0.5, 0.6) is 5.75 Å². The lowest BCUT2D eigenvalue weighted by atomic mass is 10.0. The van der Waals surface area contributed by atoms with Crippen molar-refractivity contribution < 1.29 is 45.7 Å². The number of rotatable bonds is 9. The molecule has 0 heterocycles. The zero-order valence-electron chi connectivity index (χ0n) is 16.8. The molecule has 0 amide bonds. The molecule has 0 aliphatic rings. The molecule has 2 aromatic carbocycles. The van der Waals surface area contributed by atoms with E-state index in [0.29, 0.717) is 23.4 Å². The Bertz CT molecular complexity index is 901. The molecule has 2 aromatic rings. The van der Waals surface area contributed by atoms with Crippen molar-refractivity contribution in [2.75, 3.05) is 13.2 Å². The first kappa shape index (κ1) is 25.3. The van der Waals surface area contributed by atoms with Crippen molar-refractivity contribution >= 4 is 12.0 Å². The van der Waals surface area contributed by atoms with Gasteiger partial charge in [-0.2, -0.15) is 26.3 Å². The molecule has 0 unspecified atom stereocenters. The molecule has 0 spiro atoms. The van der Waals surface area contributed by atoms with E-state index in [2.05, 4.69) is 0 Å². The molecule has 0 saturated carbocycles. The summed E-state index contributed by atoms with van der Waals surface area (Å²) in [6, 6.07) is 7.72. The second-order valence-electron chi connectivity index (χ2n) is 6.68. The largest absolute Gasteiger partial charge is 0.490 e. The van der Waals surface area contributed by atoms with Crippen LogP contribution in [0.1, 0.15) is 29.2 Å². The van der Waals surface area contributed by atoms with E-state index in [1.54, 1.807) is 31.2 Å². The zero-order chi connectivity index (χ0) is 23.9. The van der Waals surface area contributed by atoms with Crippen molar-refractivity contribution in [2.45, 2.75) is 31.8 Å². The molecule has 1 atom stereocenters. The molecule has 0 fully saturated rings. The number of hydrogen-bond donors (Lipinski definition) is 1. The number of ether oxygens (including phenoxy) is 2. The summed E-state index contributed by atoms with van der Waals surface area (Å²) < 4.78 is 87.9. The first-order valence-electron chi connectivity index (χ1n) is 9.42. The van der Waals surface area contributed by atoms with Crippen LogP contribution in [0.3, 0.4) is 0 Å². The van der Waals surface area contributed by atoms with E-state index in [-0.39, 0.29) is 31.3 Å². The Balaban J connectivity index is 2.03. The third kappa shape index (κ3) is 7.60. The minimum atomic E-state index is -4.91. The first-order valence-corrected chi connectivity index (χ1v) is 9.42. The molecule has 4 nitrogen and oxygen atoms in total. The van der Waals surface area contributed by atoms with Gasteiger partial charge in [-0.15, -0.1) is 0 Å². The molecule has 32 heavy (non-hydrogen) atoms. The average Bonchev–Trinajstić information content (AvgIpc) is 2.70. The van der Waals surface area contributed by atoms with Gasteiger partial charge in [0.15, 0.2) is 6.10 Å². The van der Waals surface area contributed by atoms with Crippen molar-refractivity contribution in [3.8, 4) is 5.75 Å². The van der Waals surface area contributed by atoms with Gasteiger partial charge in [0.1, 0.15) is 12.4 Å². The van der Waals surface area contributed by atoms with E-state index in [1.807, 2.05) is 0 Å². The molecular formula is C22H20F6O4. The molecule has 0 saturated heterocycles. The molecule has 174 valence electrons. The summed E-state index contributed by atoms with van der Waals surface area (Å²) in [5.74, 6) is -0.692. The Morgan fingerprint density at radius 3 is 2.03 bits per heavy atom. The van der Waals surface area contributed by atoms with Crippen molar-refractivity contribution in [1.29, 1.82) is 0 Å². The van der Waals surface area contributed by atoms with Gasteiger partial charge in [0.25, 0.3) is 0 Å². The zero-order valence-corrected chi connectivity index (χ0v) is 16.8. The van der Waals surface area contributed by atoms with Gasteiger partial charge in [0.05, 0.1) is 11.1 Å². The Hall–Kier alpha value is -3.01. The molecule has 2 rings (SSSR count). The van der Waals surface area contributed by atoms with Crippen LogP contribution in [-0.2, 0) is 28.3 Å². The van der Waals surface area contributed by atoms with Gasteiger partial charge in [0.2, 0.25) is 0 Å². The Morgan fingerprint density at radius 2 is 1.56 bits per heavy atom. The number of hydrogen-bond acceptors (Lipinski definition) is 3. The molecule has 0 aliphatic carbocycles. The normalized spacial score (nSPS) is 13.3. The van der Waals surface area contributed by atoms with Gasteiger partial charge in [-0.3, -0.25) is 0 Å². The van der Waals surface area contributed by atoms with E-state index in [9.17, 15) is 31.1 Å². The van der Waals surface area contributed by atoms with E-state index in [4.69, 9.17) is 14.6 Å². The van der Waals surface area contributed by atoms with Gasteiger partial charge in [0, 0.05) is 13.0 Å². The molecule has 0 aliphatic heterocycles. The van der Waals surface area contributed by atoms with E-state index in [1.165, 1.54) is 6.08 Å². The van der Waals surface area contributed by atoms with Crippen molar-refractivity contribution in [3.63, 3.8) is 0 Å². The maximum atomic E-state index is 12.9. The summed E-state index contributed by atoms with van der Waals surface area (Å²) in [6.07, 6.45) is -8.25. The molecule has 0 aromatic heterocycles. The molecule has 1 N–H and O–H groups in total. The Morgan fingerprint density at radius 1 is 1.00 bits per heavy atom. The number of carboxylic acid groups (broad SMARTS) is 1. The van der Waals surface area contributed by atoms with Gasteiger partial charge >= 0.3 is 18.3 Å². The maximum Gasteiger partial charge on any atom is 0.416 e. The predicted molar refractivity (Wildman–Crippen MR) is 104 cm³/mol. The summed E-state index contributed by atoms with van der Waals surface area (Å²) in [5, 5.41) is 9.10. The van der Waals surface area contributed by atoms with Crippen LogP contribution >= 0.6 is 0 Å². The second kappa shape index (κ2) is 10.5. The summed E-state index contributed by atoms with van der Waals surface area (Å²) >= 11 is 0. The van der Waals surface area contributed by atoms with Crippen LogP contribution in [0, 0.1) is 0 Å². The Kier molecular flexibility index (Phi) is 8.31. The van der Waals surface area contributed by atoms with Crippen LogP contribution in [0.2, 0.25) is 0 Å². The number of carbonyl (C=O) groups is 1. The minimum Gasteiger partial charge on any atom is -0.490 e. The SMILES string of the molecule is CCO[C@@H](Cc1ccc(OCC=Cc2cc(C(F)(F)F)cc(C(F)(F)F)c2)cc1)C(=O)O. The van der Waals surface area contributed by atoms with E-state index in [0.717, 1.165) is 6.08 Å². The summed E-state index contributed by atoms with van der Waals surface area (Å²) in [5.41, 5.74) is -2.36. The first-order chi connectivity index (χ1) is 14.9. The highest BCUT2D eigenvalue weighted by Gasteiger charge is 2.36. The fourth-order valence-corrected chi connectivity index (χ4v) is 2.76.